The molecule has 1 atom stereocenters. The van der Waals surface area contributed by atoms with Crippen molar-refractivity contribution in [1.29, 1.82) is 0 Å². The molecule has 2 heterocycles. The maximum Gasteiger partial charge on any atom is 0.242 e. The lowest BCUT2D eigenvalue weighted by atomic mass is 10.0. The van der Waals surface area contributed by atoms with Crippen LogP contribution in [0.2, 0.25) is 0 Å². The van der Waals surface area contributed by atoms with Crippen LogP contribution in [-0.2, 0) is 16.0 Å². The second kappa shape index (κ2) is 10.1. The Morgan fingerprint density at radius 1 is 1.30 bits per heavy atom. The van der Waals surface area contributed by atoms with Crippen LogP contribution in [0.1, 0.15) is 43.7 Å². The Morgan fingerprint density at radius 3 is 2.77 bits per heavy atom. The van der Waals surface area contributed by atoms with Crippen LogP contribution >= 0.6 is 11.3 Å². The van der Waals surface area contributed by atoms with Gasteiger partial charge in [0.15, 0.2) is 11.6 Å². The van der Waals surface area contributed by atoms with Gasteiger partial charge in [0, 0.05) is 24.9 Å². The highest BCUT2D eigenvalue weighted by Crippen LogP contribution is 2.34. The summed E-state index contributed by atoms with van der Waals surface area (Å²) in [6.07, 6.45) is 1.63. The first-order chi connectivity index (χ1) is 14.4. The number of hydrogen-bond donors (Lipinski definition) is 0. The largest absolute Gasteiger partial charge is 0.488 e. The standard InChI is InChI=1S/C23H29FN2O3S/c1-16(2)8-11-25(17(3)27)14-23(28)26-12-9-22-18(10-13-30-22)20(26)15-29-21-7-5-4-6-19(21)24/h4-7,10,13,16,20H,8-9,11-12,14-15H2,1-3H3/t20-/m1/s1. The Kier molecular flexibility index (Phi) is 7.48. The SMILES string of the molecule is CC(=O)N(CCC(C)C)CC(=O)N1CCc2sccc2[C@H]1COc1ccccc1F. The van der Waals surface area contributed by atoms with Gasteiger partial charge in [-0.1, -0.05) is 26.0 Å². The van der Waals surface area contributed by atoms with E-state index < -0.39 is 5.82 Å². The van der Waals surface area contributed by atoms with Crippen LogP contribution in [0.4, 0.5) is 4.39 Å². The predicted molar refractivity (Wildman–Crippen MR) is 116 cm³/mol. The number of nitrogens with zero attached hydrogens (tertiary/aromatic N) is 2. The smallest absolute Gasteiger partial charge is 0.242 e. The summed E-state index contributed by atoms with van der Waals surface area (Å²) in [5.41, 5.74) is 1.05. The molecule has 5 nitrogen and oxygen atoms in total. The van der Waals surface area contributed by atoms with E-state index in [2.05, 4.69) is 13.8 Å². The van der Waals surface area contributed by atoms with Gasteiger partial charge in [-0.25, -0.2) is 4.39 Å². The monoisotopic (exact) mass is 432 g/mol. The van der Waals surface area contributed by atoms with Gasteiger partial charge in [-0.3, -0.25) is 9.59 Å². The van der Waals surface area contributed by atoms with E-state index in [1.807, 2.05) is 11.4 Å². The molecule has 30 heavy (non-hydrogen) atoms. The Hall–Kier alpha value is -2.41. The minimum absolute atomic E-state index is 0.0533. The third-order valence-electron chi connectivity index (χ3n) is 5.40. The summed E-state index contributed by atoms with van der Waals surface area (Å²) in [6.45, 7) is 7.04. The number of amides is 2. The average Bonchev–Trinajstić information content (AvgIpc) is 3.18. The number of ether oxygens (including phenoxy) is 1. The molecule has 2 aromatic rings. The summed E-state index contributed by atoms with van der Waals surface area (Å²) in [7, 11) is 0. The molecule has 0 spiro atoms. The first-order valence-corrected chi connectivity index (χ1v) is 11.2. The third-order valence-corrected chi connectivity index (χ3v) is 6.39. The van der Waals surface area contributed by atoms with E-state index in [0.717, 1.165) is 18.4 Å². The number of hydrogen-bond acceptors (Lipinski definition) is 4. The first kappa shape index (κ1) is 22.3. The van der Waals surface area contributed by atoms with Crippen molar-refractivity contribution in [2.75, 3.05) is 26.2 Å². The molecular weight excluding hydrogens is 403 g/mol. The van der Waals surface area contributed by atoms with Gasteiger partial charge in [0.2, 0.25) is 11.8 Å². The molecule has 2 amide bonds. The molecule has 162 valence electrons. The van der Waals surface area contributed by atoms with Crippen molar-refractivity contribution in [2.24, 2.45) is 5.92 Å². The summed E-state index contributed by atoms with van der Waals surface area (Å²) in [5.74, 6) is -0.000681. The number of halogens is 1. The summed E-state index contributed by atoms with van der Waals surface area (Å²) in [6, 6.07) is 7.99. The van der Waals surface area contributed by atoms with Crippen molar-refractivity contribution in [3.05, 3.63) is 52.0 Å². The van der Waals surface area contributed by atoms with Gasteiger partial charge in [-0.05, 0) is 47.9 Å². The summed E-state index contributed by atoms with van der Waals surface area (Å²) < 4.78 is 19.8. The second-order valence-corrected chi connectivity index (χ2v) is 9.02. The number of benzene rings is 1. The van der Waals surface area contributed by atoms with Crippen molar-refractivity contribution < 1.29 is 18.7 Å². The maximum absolute atomic E-state index is 14.0. The molecule has 7 heteroatoms. The molecule has 3 rings (SSSR count). The molecule has 0 N–H and O–H groups in total. The minimum atomic E-state index is -0.423. The van der Waals surface area contributed by atoms with Crippen molar-refractivity contribution >= 4 is 23.2 Å². The summed E-state index contributed by atoms with van der Waals surface area (Å²) >= 11 is 1.67. The van der Waals surface area contributed by atoms with Gasteiger partial charge in [0.05, 0.1) is 12.6 Å². The molecule has 1 aliphatic heterocycles. The van der Waals surface area contributed by atoms with E-state index in [1.165, 1.54) is 17.9 Å². The lowest BCUT2D eigenvalue weighted by molar-refractivity contribution is -0.142. The molecular formula is C23H29FN2O3S. The van der Waals surface area contributed by atoms with E-state index in [4.69, 9.17) is 4.74 Å². The lowest BCUT2D eigenvalue weighted by Gasteiger charge is -2.37. The number of thiophene rings is 1. The van der Waals surface area contributed by atoms with Crippen LogP contribution in [-0.4, -0.2) is 47.9 Å². The normalized spacial score (nSPS) is 15.8. The molecule has 0 unspecified atom stereocenters. The van der Waals surface area contributed by atoms with Gasteiger partial charge in [-0.2, -0.15) is 0 Å². The van der Waals surface area contributed by atoms with Crippen molar-refractivity contribution in [3.8, 4) is 5.75 Å². The number of carbonyl (C=O) groups excluding carboxylic acids is 2. The number of carbonyl (C=O) groups is 2. The zero-order valence-electron chi connectivity index (χ0n) is 17.8. The Labute approximate surface area is 181 Å². The molecule has 0 saturated heterocycles. The van der Waals surface area contributed by atoms with Gasteiger partial charge in [0.1, 0.15) is 6.61 Å². The van der Waals surface area contributed by atoms with Crippen LogP contribution in [0, 0.1) is 11.7 Å². The maximum atomic E-state index is 14.0. The van der Waals surface area contributed by atoms with Crippen LogP contribution < -0.4 is 4.74 Å². The third kappa shape index (κ3) is 5.39. The van der Waals surface area contributed by atoms with Crippen LogP contribution in [0.5, 0.6) is 5.75 Å². The van der Waals surface area contributed by atoms with Crippen molar-refractivity contribution in [2.45, 2.75) is 39.7 Å². The lowest BCUT2D eigenvalue weighted by Crippen LogP contribution is -2.47. The highest BCUT2D eigenvalue weighted by molar-refractivity contribution is 7.10. The highest BCUT2D eigenvalue weighted by atomic mass is 32.1. The molecule has 0 bridgehead atoms. The van der Waals surface area contributed by atoms with Gasteiger partial charge in [0.25, 0.3) is 0 Å². The molecule has 1 aromatic carbocycles. The van der Waals surface area contributed by atoms with Crippen molar-refractivity contribution in [3.63, 3.8) is 0 Å². The average molecular weight is 433 g/mol. The molecule has 0 saturated carbocycles. The van der Waals surface area contributed by atoms with E-state index in [-0.39, 0.29) is 36.8 Å². The topological polar surface area (TPSA) is 49.9 Å². The van der Waals surface area contributed by atoms with Crippen LogP contribution in [0.15, 0.2) is 35.7 Å². The Bertz CT molecular complexity index is 883. The van der Waals surface area contributed by atoms with Gasteiger partial charge >= 0.3 is 0 Å². The van der Waals surface area contributed by atoms with Crippen LogP contribution in [0.25, 0.3) is 0 Å². The fourth-order valence-electron chi connectivity index (χ4n) is 3.62. The number of rotatable bonds is 8. The predicted octanol–water partition coefficient (Wildman–Crippen LogP) is 4.29. The fraction of sp³-hybridized carbons (Fsp3) is 0.478. The summed E-state index contributed by atoms with van der Waals surface area (Å²) in [4.78, 5) is 29.9. The van der Waals surface area contributed by atoms with E-state index in [9.17, 15) is 14.0 Å². The van der Waals surface area contributed by atoms with E-state index >= 15 is 0 Å². The first-order valence-electron chi connectivity index (χ1n) is 10.4. The molecule has 0 radical (unpaired) electrons. The zero-order valence-corrected chi connectivity index (χ0v) is 18.6. The quantitative estimate of drug-likeness (QED) is 0.625. The zero-order chi connectivity index (χ0) is 21.7. The van der Waals surface area contributed by atoms with Gasteiger partial charge in [-0.15, -0.1) is 11.3 Å². The molecule has 1 aliphatic rings. The van der Waals surface area contributed by atoms with E-state index in [1.54, 1.807) is 39.3 Å². The number of fused-ring (bicyclic) bond motifs is 1. The minimum Gasteiger partial charge on any atom is -0.488 e. The van der Waals surface area contributed by atoms with Crippen molar-refractivity contribution in [1.82, 2.24) is 9.80 Å². The highest BCUT2D eigenvalue weighted by Gasteiger charge is 2.33. The second-order valence-electron chi connectivity index (χ2n) is 8.02. The Morgan fingerprint density at radius 2 is 2.07 bits per heavy atom. The Balaban J connectivity index is 1.75. The molecule has 1 aromatic heterocycles. The molecule has 0 fully saturated rings. The van der Waals surface area contributed by atoms with Crippen LogP contribution in [0.3, 0.4) is 0 Å². The number of para-hydroxylation sites is 1. The van der Waals surface area contributed by atoms with E-state index in [0.29, 0.717) is 19.0 Å². The fourth-order valence-corrected chi connectivity index (χ4v) is 4.55. The van der Waals surface area contributed by atoms with Gasteiger partial charge < -0.3 is 14.5 Å². The summed E-state index contributed by atoms with van der Waals surface area (Å²) in [5, 5.41) is 2.01. The molecule has 0 aliphatic carbocycles.